The van der Waals surface area contributed by atoms with Crippen LogP contribution in [-0.2, 0) is 66.2 Å². The summed E-state index contributed by atoms with van der Waals surface area (Å²) in [5.41, 5.74) is 26.3. The highest BCUT2D eigenvalue weighted by atomic mass is 35.5. The molecule has 0 aliphatic rings. The van der Waals surface area contributed by atoms with Gasteiger partial charge >= 0.3 is 6.36 Å². The van der Waals surface area contributed by atoms with Gasteiger partial charge in [-0.15, -0.1) is 13.2 Å². The number of nitrogens with zero attached hydrogens (tertiary/aromatic N) is 1. The third-order valence-corrected chi connectivity index (χ3v) is 20.9. The Hall–Kier alpha value is -8.88. The molecule has 1 aromatic heterocycles. The minimum Gasteiger partial charge on any atom is -0.406 e. The molecule has 129 heavy (non-hydrogen) atoms. The summed E-state index contributed by atoms with van der Waals surface area (Å²) in [5, 5.41) is 9.94. The number of aromatic nitrogens is 1. The fourth-order valence-electron chi connectivity index (χ4n) is 12.8. The van der Waals surface area contributed by atoms with E-state index in [1.807, 2.05) is 103 Å². The van der Waals surface area contributed by atoms with Gasteiger partial charge in [-0.05, 0) is 216 Å². The van der Waals surface area contributed by atoms with Crippen molar-refractivity contribution in [1.82, 2.24) is 4.98 Å². The molecule has 0 bridgehead atoms. The highest BCUT2D eigenvalue weighted by Crippen LogP contribution is 2.34. The molecule has 10 aromatic carbocycles. The van der Waals surface area contributed by atoms with Crippen molar-refractivity contribution in [1.29, 1.82) is 0 Å². The predicted molar refractivity (Wildman–Crippen MR) is 565 cm³/mol. The number of pyridine rings is 1. The number of aliphatic hydroxyl groups excluding tert-OH is 1. The summed E-state index contributed by atoms with van der Waals surface area (Å²) in [5.74, 6) is -0.296. The smallest absolute Gasteiger partial charge is 0.406 e. The van der Waals surface area contributed by atoms with Crippen LogP contribution in [0.1, 0.15) is 357 Å². The SMILES string of the molecule is C.C.C.CC(C)(C)c1ccc(OC(F)(F)F)cc1.CC(C)(C)c1ccccc1CO.CC(C)(C)c1ccccc1Cl.CC(C)(C)c1ccccc1F.Cc1ccc(C(C)(C)C)cc1.Cc1ccc(C(C)(C)C)cn1.Cc1cccc(C(C)(C)C)c1.Cc1cccc(C(C)(C)C)c1.Cc1cccc(C(C)(C)C)c1.Cc1ccccc1C(C)(C)C.Cc1ccccc1C(C)(C)C. The van der Waals surface area contributed by atoms with Crippen LogP contribution >= 0.6 is 11.6 Å². The van der Waals surface area contributed by atoms with Crippen molar-refractivity contribution in [3.05, 3.63) is 378 Å². The van der Waals surface area contributed by atoms with E-state index in [-0.39, 0.29) is 100 Å². The number of halogens is 5. The van der Waals surface area contributed by atoms with Gasteiger partial charge in [0.2, 0.25) is 0 Å². The van der Waals surface area contributed by atoms with Crippen LogP contribution in [-0.4, -0.2) is 16.5 Å². The van der Waals surface area contributed by atoms with E-state index in [0.29, 0.717) is 0 Å². The van der Waals surface area contributed by atoms with Crippen molar-refractivity contribution in [3.63, 3.8) is 0 Å². The summed E-state index contributed by atoms with van der Waals surface area (Å²) in [6.07, 6.45) is -2.67. The standard InChI is InChI=1S/C11H13F3O.C11H16O.6C11H16.C10H13Cl.C10H13F.C10H15N.3CH4/c1-10(2,3)8-4-6-9(7-5-8)15-11(12,13)14;1-11(2,3)10-7-5-4-6-9(10)8-12;1-9-5-7-10(8-6-9)11(2,3)4;3*1-9-6-5-7-10(8-9)11(2,3)4;2*1-9-7-5-6-8-10(9)11(2,3)4;2*1-10(2,3)8-6-4-5-7-9(8)11;1-8-5-6-9(7-11-8)10(2,3)4;;;/h4-7H,1-3H3;4-7,12H,8H2,1-3H3;6*5-8H,1-4H3;2*4-7H,1-3H3;5-7H,1-4H3;3*1H4. The van der Waals surface area contributed by atoms with Crippen LogP contribution in [0.2, 0.25) is 5.02 Å². The van der Waals surface area contributed by atoms with Gasteiger partial charge in [0.1, 0.15) is 11.6 Å². The minimum atomic E-state index is -4.62. The molecule has 0 amide bonds. The highest BCUT2D eigenvalue weighted by Gasteiger charge is 2.31. The fourth-order valence-corrected chi connectivity index (χ4v) is 13.2. The molecule has 0 spiro atoms. The number of aliphatic hydroxyl groups is 1. The Morgan fingerprint density at radius 2 is 0.550 bits per heavy atom. The molecule has 11 aromatic rings. The number of hydrogen-bond donors (Lipinski definition) is 1. The van der Waals surface area contributed by atoms with Crippen LogP contribution in [0.4, 0.5) is 17.6 Å². The predicted octanol–water partition coefficient (Wildman–Crippen LogP) is 37.5. The lowest BCUT2D eigenvalue weighted by molar-refractivity contribution is -0.274. The molecular weight excluding hydrogens is 1610 g/mol. The molecule has 0 fully saturated rings. The fraction of sp³-hybridized carbons (Fsp3) is 0.463. The molecule has 0 aliphatic heterocycles. The lowest BCUT2D eigenvalue weighted by Gasteiger charge is -2.21. The van der Waals surface area contributed by atoms with E-state index < -0.39 is 6.36 Å². The van der Waals surface area contributed by atoms with Gasteiger partial charge in [0.05, 0.1) is 6.61 Å². The molecule has 0 saturated heterocycles. The molecule has 0 saturated carbocycles. The second-order valence-corrected chi connectivity index (χ2v) is 44.8. The number of benzene rings is 10. The molecule has 1 heterocycles. The summed E-state index contributed by atoms with van der Waals surface area (Å²) in [4.78, 5) is 4.25. The zero-order chi connectivity index (χ0) is 97.2. The van der Waals surface area contributed by atoms with Crippen LogP contribution < -0.4 is 4.74 Å². The van der Waals surface area contributed by atoms with Crippen molar-refractivity contribution < 1.29 is 27.4 Å². The van der Waals surface area contributed by atoms with Gasteiger partial charge in [-0.25, -0.2) is 4.39 Å². The first kappa shape index (κ1) is 124. The van der Waals surface area contributed by atoms with E-state index in [1.54, 1.807) is 18.2 Å². The highest BCUT2D eigenvalue weighted by molar-refractivity contribution is 6.31. The summed E-state index contributed by atoms with van der Waals surface area (Å²) in [7, 11) is 0. The minimum absolute atomic E-state index is 0. The molecule has 0 radical (unpaired) electrons. The molecule has 0 atom stereocenters. The van der Waals surface area contributed by atoms with Crippen molar-refractivity contribution in [2.75, 3.05) is 0 Å². The van der Waals surface area contributed by atoms with Crippen LogP contribution in [0.3, 0.4) is 0 Å². The lowest BCUT2D eigenvalue weighted by Crippen LogP contribution is -2.17. The molecule has 3 nitrogen and oxygen atoms in total. The molecule has 11 rings (SSSR count). The number of rotatable bonds is 2. The largest absolute Gasteiger partial charge is 0.573 e. The van der Waals surface area contributed by atoms with Gasteiger partial charge in [0.25, 0.3) is 0 Å². The first-order chi connectivity index (χ1) is 57.3. The van der Waals surface area contributed by atoms with Gasteiger partial charge in [0.15, 0.2) is 0 Å². The zero-order valence-corrected chi connectivity index (χ0v) is 86.5. The normalized spacial score (nSPS) is 11.5. The molecular formula is C121H178ClF4NO2. The van der Waals surface area contributed by atoms with E-state index in [0.717, 1.165) is 27.4 Å². The summed E-state index contributed by atoms with van der Waals surface area (Å²) in [6.45, 7) is 86.8. The Morgan fingerprint density at radius 1 is 0.271 bits per heavy atom. The molecule has 0 unspecified atom stereocenters. The van der Waals surface area contributed by atoms with E-state index in [2.05, 4.69) is 408 Å². The van der Waals surface area contributed by atoms with Gasteiger partial charge in [0, 0.05) is 16.9 Å². The van der Waals surface area contributed by atoms with Gasteiger partial charge in [-0.2, -0.15) is 0 Å². The lowest BCUT2D eigenvalue weighted by atomic mass is 9.84. The maximum absolute atomic E-state index is 13.1. The van der Waals surface area contributed by atoms with Crippen LogP contribution in [0.5, 0.6) is 5.75 Å². The second kappa shape index (κ2) is 54.2. The van der Waals surface area contributed by atoms with E-state index in [4.69, 9.17) is 16.7 Å². The first-order valence-corrected chi connectivity index (χ1v) is 45.1. The number of hydrogen-bond acceptors (Lipinski definition) is 3. The summed E-state index contributed by atoms with van der Waals surface area (Å²) < 4.78 is 52.4. The van der Waals surface area contributed by atoms with Crippen molar-refractivity contribution >= 4 is 11.6 Å². The second-order valence-electron chi connectivity index (χ2n) is 44.4. The first-order valence-electron chi connectivity index (χ1n) is 44.7. The number of alkyl halides is 3. The van der Waals surface area contributed by atoms with Gasteiger partial charge < -0.3 is 9.84 Å². The monoisotopic (exact) mass is 1790 g/mol. The van der Waals surface area contributed by atoms with Crippen LogP contribution in [0.25, 0.3) is 0 Å². The van der Waals surface area contributed by atoms with Gasteiger partial charge in [-0.3, -0.25) is 4.98 Å². The third-order valence-electron chi connectivity index (χ3n) is 20.6. The average molecular weight is 1790 g/mol. The van der Waals surface area contributed by atoms with Crippen molar-refractivity contribution in [2.24, 2.45) is 0 Å². The topological polar surface area (TPSA) is 42.4 Å². The quantitative estimate of drug-likeness (QED) is 0.175. The Labute approximate surface area is 794 Å². The Kier molecular flexibility index (Phi) is 52.2. The van der Waals surface area contributed by atoms with Gasteiger partial charge in [-0.1, -0.05) is 509 Å². The zero-order valence-electron chi connectivity index (χ0n) is 85.7. The average Bonchev–Trinajstić information content (AvgIpc) is 0.840. The Balaban J connectivity index is -0.00000135. The number of aryl methyl sites for hydroxylation is 7. The Bertz CT molecular complexity index is 4500. The summed E-state index contributed by atoms with van der Waals surface area (Å²) >= 11 is 6.01. The number of ether oxygens (including phenoxy) is 1. The summed E-state index contributed by atoms with van der Waals surface area (Å²) in [6, 6.07) is 85.0. The van der Waals surface area contributed by atoms with E-state index in [1.165, 1.54) is 102 Å². The maximum atomic E-state index is 13.1. The van der Waals surface area contributed by atoms with E-state index in [9.17, 15) is 17.6 Å². The van der Waals surface area contributed by atoms with Crippen molar-refractivity contribution in [3.8, 4) is 5.75 Å². The van der Waals surface area contributed by atoms with Crippen LogP contribution in [0.15, 0.2) is 261 Å². The molecule has 8 heteroatoms. The Morgan fingerprint density at radius 3 is 0.783 bits per heavy atom. The maximum Gasteiger partial charge on any atom is 0.573 e. The van der Waals surface area contributed by atoms with Crippen LogP contribution in [0, 0.1) is 54.3 Å². The van der Waals surface area contributed by atoms with E-state index >= 15 is 0 Å². The third kappa shape index (κ3) is 50.9. The van der Waals surface area contributed by atoms with Crippen molar-refractivity contribution in [2.45, 2.75) is 372 Å². The molecule has 1 N–H and O–H groups in total. The molecule has 714 valence electrons. The molecule has 0 aliphatic carbocycles.